The van der Waals surface area contributed by atoms with Crippen LogP contribution in [0, 0.1) is 18.3 Å². The van der Waals surface area contributed by atoms with Gasteiger partial charge in [0.15, 0.2) is 0 Å². The summed E-state index contributed by atoms with van der Waals surface area (Å²) in [6.45, 7) is 8.65. The van der Waals surface area contributed by atoms with Crippen molar-refractivity contribution in [1.29, 1.82) is 0 Å². The zero-order valence-corrected chi connectivity index (χ0v) is 17.4. The molecular formula is C22H36N4O. The van der Waals surface area contributed by atoms with Crippen LogP contribution in [0.1, 0.15) is 58.1 Å². The Morgan fingerprint density at radius 2 is 1.85 bits per heavy atom. The van der Waals surface area contributed by atoms with E-state index in [2.05, 4.69) is 43.1 Å². The lowest BCUT2D eigenvalue weighted by molar-refractivity contribution is -0.0357. The van der Waals surface area contributed by atoms with Crippen LogP contribution in [0.25, 0.3) is 0 Å². The predicted octanol–water partition coefficient (Wildman–Crippen LogP) is 3.71. The van der Waals surface area contributed by atoms with E-state index in [1.165, 1.54) is 31.4 Å². The van der Waals surface area contributed by atoms with Crippen LogP contribution in [0.3, 0.4) is 0 Å². The summed E-state index contributed by atoms with van der Waals surface area (Å²) in [5.41, 5.74) is 8.81. The second-order valence-corrected chi connectivity index (χ2v) is 9.79. The summed E-state index contributed by atoms with van der Waals surface area (Å²) in [4.78, 5) is 7.33. The SMILES string of the molecule is COC(C)(C)C1CCN(c2ccc(NC3CC4(CC(N)C4)C3)c(C)n2)CC1. The highest BCUT2D eigenvalue weighted by Gasteiger charge is 2.51. The Hall–Kier alpha value is -1.33. The number of nitrogens with two attached hydrogens (primary N) is 1. The molecule has 0 bridgehead atoms. The Bertz CT molecular complexity index is 667. The lowest BCUT2D eigenvalue weighted by Gasteiger charge is -2.57. The van der Waals surface area contributed by atoms with Crippen molar-refractivity contribution < 1.29 is 4.74 Å². The van der Waals surface area contributed by atoms with E-state index in [4.69, 9.17) is 15.5 Å². The summed E-state index contributed by atoms with van der Waals surface area (Å²) in [5, 5.41) is 3.71. The molecule has 5 heteroatoms. The van der Waals surface area contributed by atoms with E-state index in [1.807, 2.05) is 7.11 Å². The van der Waals surface area contributed by atoms with Crippen LogP contribution >= 0.6 is 0 Å². The number of piperidine rings is 1. The van der Waals surface area contributed by atoms with E-state index < -0.39 is 0 Å². The minimum absolute atomic E-state index is 0.0340. The minimum Gasteiger partial charge on any atom is -0.381 e. The molecule has 1 aromatic rings. The average molecular weight is 373 g/mol. The number of rotatable bonds is 5. The summed E-state index contributed by atoms with van der Waals surface area (Å²) in [5.74, 6) is 1.73. The monoisotopic (exact) mass is 372 g/mol. The standard InChI is InChI=1S/C22H36N4O/c1-15-19(25-18-13-22(14-18)11-17(23)12-22)5-6-20(24-15)26-9-7-16(8-10-26)21(2,3)27-4/h5-6,16-18,25H,7-14,23H2,1-4H3. The van der Waals surface area contributed by atoms with Crippen molar-refractivity contribution in [3.8, 4) is 0 Å². The Morgan fingerprint density at radius 3 is 2.41 bits per heavy atom. The Morgan fingerprint density at radius 1 is 1.19 bits per heavy atom. The van der Waals surface area contributed by atoms with Crippen LogP contribution in [0.5, 0.6) is 0 Å². The van der Waals surface area contributed by atoms with Crippen LogP contribution in [0.2, 0.25) is 0 Å². The minimum atomic E-state index is -0.0340. The molecule has 0 unspecified atom stereocenters. The van der Waals surface area contributed by atoms with Crippen molar-refractivity contribution in [3.05, 3.63) is 17.8 Å². The maximum absolute atomic E-state index is 5.97. The molecule has 1 saturated heterocycles. The van der Waals surface area contributed by atoms with Crippen LogP contribution < -0.4 is 16.0 Å². The van der Waals surface area contributed by atoms with Gasteiger partial charge >= 0.3 is 0 Å². The van der Waals surface area contributed by atoms with Gasteiger partial charge in [-0.1, -0.05) is 0 Å². The fourth-order valence-corrected chi connectivity index (χ4v) is 5.54. The van der Waals surface area contributed by atoms with Crippen molar-refractivity contribution in [1.82, 2.24) is 4.98 Å². The van der Waals surface area contributed by atoms with Crippen LogP contribution in [0.4, 0.5) is 11.5 Å². The lowest BCUT2D eigenvalue weighted by Crippen LogP contribution is -2.57. The van der Waals surface area contributed by atoms with Gasteiger partial charge in [0, 0.05) is 32.3 Å². The lowest BCUT2D eigenvalue weighted by atomic mass is 9.52. The highest BCUT2D eigenvalue weighted by molar-refractivity contribution is 5.54. The third-order valence-electron chi connectivity index (χ3n) is 7.51. The third-order valence-corrected chi connectivity index (χ3v) is 7.51. The van der Waals surface area contributed by atoms with E-state index in [9.17, 15) is 0 Å². The summed E-state index contributed by atoms with van der Waals surface area (Å²) >= 11 is 0. The molecule has 0 aromatic carbocycles. The quantitative estimate of drug-likeness (QED) is 0.825. The van der Waals surface area contributed by atoms with E-state index >= 15 is 0 Å². The fraction of sp³-hybridized carbons (Fsp3) is 0.773. The normalized spacial score (nSPS) is 31.5. The topological polar surface area (TPSA) is 63.4 Å². The average Bonchev–Trinajstić information content (AvgIpc) is 2.60. The Kier molecular flexibility index (Phi) is 4.88. The van der Waals surface area contributed by atoms with E-state index in [-0.39, 0.29) is 5.60 Å². The van der Waals surface area contributed by atoms with Gasteiger partial charge in [-0.05, 0) is 82.8 Å². The largest absolute Gasteiger partial charge is 0.381 e. The Labute approximate surface area is 164 Å². The molecule has 1 spiro atoms. The van der Waals surface area contributed by atoms with Gasteiger partial charge < -0.3 is 20.7 Å². The first kappa shape index (κ1) is 19.0. The molecule has 2 aliphatic carbocycles. The van der Waals surface area contributed by atoms with E-state index in [0.717, 1.165) is 37.4 Å². The summed E-state index contributed by atoms with van der Waals surface area (Å²) in [6, 6.07) is 5.45. The molecule has 3 fully saturated rings. The van der Waals surface area contributed by atoms with Crippen molar-refractivity contribution in [2.45, 2.75) is 77.0 Å². The number of aryl methyl sites for hydroxylation is 1. The fourth-order valence-electron chi connectivity index (χ4n) is 5.54. The molecule has 0 atom stereocenters. The van der Waals surface area contributed by atoms with Crippen molar-refractivity contribution in [2.75, 3.05) is 30.4 Å². The van der Waals surface area contributed by atoms with Crippen molar-refractivity contribution in [2.24, 2.45) is 17.1 Å². The smallest absolute Gasteiger partial charge is 0.128 e. The summed E-state index contributed by atoms with van der Waals surface area (Å²) in [6.07, 6.45) is 7.30. The molecule has 1 aliphatic heterocycles. The molecular weight excluding hydrogens is 336 g/mol. The summed E-state index contributed by atoms with van der Waals surface area (Å²) < 4.78 is 5.69. The van der Waals surface area contributed by atoms with Crippen LogP contribution in [0.15, 0.2) is 12.1 Å². The molecule has 0 radical (unpaired) electrons. The number of anilines is 2. The zero-order chi connectivity index (χ0) is 19.2. The maximum atomic E-state index is 5.97. The van der Waals surface area contributed by atoms with Gasteiger partial charge in [-0.15, -0.1) is 0 Å². The number of methoxy groups -OCH3 is 1. The number of nitrogens with one attached hydrogen (secondary N) is 1. The second-order valence-electron chi connectivity index (χ2n) is 9.79. The number of hydrogen-bond acceptors (Lipinski definition) is 5. The second kappa shape index (κ2) is 6.93. The van der Waals surface area contributed by atoms with Crippen LogP contribution in [-0.2, 0) is 4.74 Å². The molecule has 2 heterocycles. The van der Waals surface area contributed by atoms with Gasteiger partial charge in [0.2, 0.25) is 0 Å². The van der Waals surface area contributed by atoms with Crippen molar-refractivity contribution in [3.63, 3.8) is 0 Å². The van der Waals surface area contributed by atoms with E-state index in [1.54, 1.807) is 0 Å². The molecule has 3 N–H and O–H groups in total. The highest BCUT2D eigenvalue weighted by Crippen LogP contribution is 2.55. The molecule has 0 amide bonds. The van der Waals surface area contributed by atoms with Gasteiger partial charge in [-0.2, -0.15) is 0 Å². The van der Waals surface area contributed by atoms with Gasteiger partial charge in [-0.3, -0.25) is 0 Å². The first-order chi connectivity index (χ1) is 12.8. The molecule has 5 nitrogen and oxygen atoms in total. The van der Waals surface area contributed by atoms with Gasteiger partial charge in [0.05, 0.1) is 17.0 Å². The van der Waals surface area contributed by atoms with Crippen LogP contribution in [-0.4, -0.2) is 42.9 Å². The molecule has 3 aliphatic rings. The number of pyridine rings is 1. The number of ether oxygens (including phenoxy) is 1. The molecule has 27 heavy (non-hydrogen) atoms. The summed E-state index contributed by atoms with van der Waals surface area (Å²) in [7, 11) is 1.83. The number of nitrogens with zero attached hydrogens (tertiary/aromatic N) is 2. The van der Waals surface area contributed by atoms with Crippen molar-refractivity contribution >= 4 is 11.5 Å². The Balaban J connectivity index is 1.31. The number of hydrogen-bond donors (Lipinski definition) is 2. The highest BCUT2D eigenvalue weighted by atomic mass is 16.5. The van der Waals surface area contributed by atoms with Gasteiger partial charge in [-0.25, -0.2) is 4.98 Å². The third kappa shape index (κ3) is 3.68. The maximum Gasteiger partial charge on any atom is 0.128 e. The number of aromatic nitrogens is 1. The first-order valence-electron chi connectivity index (χ1n) is 10.6. The zero-order valence-electron chi connectivity index (χ0n) is 17.4. The molecule has 4 rings (SSSR count). The molecule has 2 saturated carbocycles. The van der Waals surface area contributed by atoms with Gasteiger partial charge in [0.1, 0.15) is 5.82 Å². The predicted molar refractivity (Wildman–Crippen MR) is 111 cm³/mol. The molecule has 1 aromatic heterocycles. The first-order valence-corrected chi connectivity index (χ1v) is 10.6. The van der Waals surface area contributed by atoms with E-state index in [0.29, 0.717) is 23.4 Å². The van der Waals surface area contributed by atoms with Gasteiger partial charge in [0.25, 0.3) is 0 Å². The molecule has 150 valence electrons.